The number of aliphatic hydroxyl groups is 1. The van der Waals surface area contributed by atoms with Crippen molar-refractivity contribution < 1.29 is 19.4 Å². The van der Waals surface area contributed by atoms with Gasteiger partial charge in [0.25, 0.3) is 0 Å². The molecule has 0 bridgehead atoms. The molecule has 0 fully saturated rings. The van der Waals surface area contributed by atoms with Gasteiger partial charge in [0.2, 0.25) is 5.91 Å². The lowest BCUT2D eigenvalue weighted by Gasteiger charge is -2.37. The topological polar surface area (TPSA) is 62.2 Å². The lowest BCUT2D eigenvalue weighted by Crippen LogP contribution is -2.47. The summed E-state index contributed by atoms with van der Waals surface area (Å²) >= 11 is 1.75. The van der Waals surface area contributed by atoms with Crippen LogP contribution in [0.2, 0.25) is 0 Å². The molecular formula is C24H34N2O4S. The number of thiophene rings is 1. The Morgan fingerprint density at radius 3 is 2.97 bits per heavy atom. The molecule has 3 rings (SSSR count). The van der Waals surface area contributed by atoms with Gasteiger partial charge in [-0.05, 0) is 61.4 Å². The number of aliphatic hydroxyl groups excluding tert-OH is 1. The molecular weight excluding hydrogens is 412 g/mol. The minimum absolute atomic E-state index is 0.0766. The second-order valence-electron chi connectivity index (χ2n) is 8.21. The molecule has 6 nitrogen and oxygen atoms in total. The summed E-state index contributed by atoms with van der Waals surface area (Å²) in [6.07, 6.45) is 1.21. The SMILES string of the molecule is COCCCN(CC(=O)N1CCc2sccc2C1COc1cccc(C)c1)CC(C)O. The molecule has 2 heterocycles. The number of hydrogen-bond acceptors (Lipinski definition) is 6. The summed E-state index contributed by atoms with van der Waals surface area (Å²) in [5.41, 5.74) is 2.34. The Balaban J connectivity index is 1.71. The zero-order chi connectivity index (χ0) is 22.2. The average molecular weight is 447 g/mol. The van der Waals surface area contributed by atoms with Crippen molar-refractivity contribution in [3.63, 3.8) is 0 Å². The molecule has 1 aromatic carbocycles. The highest BCUT2D eigenvalue weighted by Gasteiger charge is 2.32. The number of rotatable bonds is 11. The number of amides is 1. The molecule has 2 unspecified atom stereocenters. The van der Waals surface area contributed by atoms with E-state index in [4.69, 9.17) is 9.47 Å². The van der Waals surface area contributed by atoms with Gasteiger partial charge in [-0.1, -0.05) is 12.1 Å². The van der Waals surface area contributed by atoms with Crippen molar-refractivity contribution in [2.75, 3.05) is 46.5 Å². The van der Waals surface area contributed by atoms with Gasteiger partial charge in [-0.2, -0.15) is 0 Å². The molecule has 2 aromatic rings. The van der Waals surface area contributed by atoms with Gasteiger partial charge in [0.15, 0.2) is 0 Å². The van der Waals surface area contributed by atoms with Crippen molar-refractivity contribution in [2.45, 2.75) is 38.8 Å². The highest BCUT2D eigenvalue weighted by Crippen LogP contribution is 2.34. The Bertz CT molecular complexity index is 838. The first-order chi connectivity index (χ1) is 15.0. The number of carbonyl (C=O) groups excluding carboxylic acids is 1. The second kappa shape index (κ2) is 11.6. The zero-order valence-corrected chi connectivity index (χ0v) is 19.6. The van der Waals surface area contributed by atoms with Crippen LogP contribution in [0.25, 0.3) is 0 Å². The predicted molar refractivity (Wildman–Crippen MR) is 124 cm³/mol. The third-order valence-corrected chi connectivity index (χ3v) is 6.51. The first kappa shape index (κ1) is 23.7. The Kier molecular flexibility index (Phi) is 8.90. The minimum Gasteiger partial charge on any atom is -0.491 e. The fourth-order valence-corrected chi connectivity index (χ4v) is 5.01. The number of ether oxygens (including phenoxy) is 2. The molecule has 0 saturated carbocycles. The van der Waals surface area contributed by atoms with Crippen molar-refractivity contribution in [3.05, 3.63) is 51.7 Å². The lowest BCUT2D eigenvalue weighted by molar-refractivity contribution is -0.136. The number of hydrogen-bond donors (Lipinski definition) is 1. The van der Waals surface area contributed by atoms with Crippen LogP contribution in [0.5, 0.6) is 5.75 Å². The van der Waals surface area contributed by atoms with Crippen molar-refractivity contribution in [3.8, 4) is 5.75 Å². The fourth-order valence-electron chi connectivity index (χ4n) is 4.08. The molecule has 1 N–H and O–H groups in total. The van der Waals surface area contributed by atoms with Gasteiger partial charge in [0, 0.05) is 38.2 Å². The van der Waals surface area contributed by atoms with Crippen LogP contribution in [0.3, 0.4) is 0 Å². The molecule has 7 heteroatoms. The molecule has 2 atom stereocenters. The van der Waals surface area contributed by atoms with Gasteiger partial charge in [0.05, 0.1) is 18.7 Å². The lowest BCUT2D eigenvalue weighted by atomic mass is 10.0. The molecule has 31 heavy (non-hydrogen) atoms. The van der Waals surface area contributed by atoms with Crippen LogP contribution < -0.4 is 4.74 Å². The summed E-state index contributed by atoms with van der Waals surface area (Å²) in [7, 11) is 1.68. The average Bonchev–Trinajstić information content (AvgIpc) is 3.20. The molecule has 1 amide bonds. The molecule has 1 aliphatic rings. The molecule has 1 aliphatic heterocycles. The minimum atomic E-state index is -0.486. The van der Waals surface area contributed by atoms with E-state index >= 15 is 0 Å². The summed E-state index contributed by atoms with van der Waals surface area (Å²) < 4.78 is 11.3. The molecule has 0 aliphatic carbocycles. The standard InChI is InChI=1S/C24H34N2O4S/c1-18-6-4-7-20(14-18)30-17-22-21-9-13-31-23(21)8-11-26(22)24(28)16-25(15-19(2)27)10-5-12-29-3/h4,6-7,9,13-14,19,22,27H,5,8,10-12,15-17H2,1-3H3. The number of nitrogens with zero attached hydrogens (tertiary/aromatic N) is 2. The van der Waals surface area contributed by atoms with Crippen molar-refractivity contribution >= 4 is 17.2 Å². The molecule has 0 spiro atoms. The van der Waals surface area contributed by atoms with E-state index in [0.29, 0.717) is 32.8 Å². The zero-order valence-electron chi connectivity index (χ0n) is 18.8. The summed E-state index contributed by atoms with van der Waals surface area (Å²) in [4.78, 5) is 18.7. The third-order valence-electron chi connectivity index (χ3n) is 5.52. The van der Waals surface area contributed by atoms with E-state index in [1.807, 2.05) is 41.0 Å². The quantitative estimate of drug-likeness (QED) is 0.537. The first-order valence-corrected chi connectivity index (χ1v) is 11.8. The van der Waals surface area contributed by atoms with Crippen molar-refractivity contribution in [1.82, 2.24) is 9.80 Å². The van der Waals surface area contributed by atoms with E-state index in [1.54, 1.807) is 25.4 Å². The van der Waals surface area contributed by atoms with Crippen molar-refractivity contribution in [2.24, 2.45) is 0 Å². The van der Waals surface area contributed by atoms with Gasteiger partial charge >= 0.3 is 0 Å². The smallest absolute Gasteiger partial charge is 0.237 e. The van der Waals surface area contributed by atoms with E-state index in [1.165, 1.54) is 10.4 Å². The van der Waals surface area contributed by atoms with Crippen LogP contribution in [0.15, 0.2) is 35.7 Å². The van der Waals surface area contributed by atoms with Gasteiger partial charge in [0.1, 0.15) is 12.4 Å². The van der Waals surface area contributed by atoms with Gasteiger partial charge < -0.3 is 19.5 Å². The molecule has 1 aromatic heterocycles. The number of aryl methyl sites for hydroxylation is 1. The highest BCUT2D eigenvalue weighted by atomic mass is 32.1. The Labute approximate surface area is 189 Å². The normalized spacial score (nSPS) is 16.9. The van der Waals surface area contributed by atoms with Gasteiger partial charge in [-0.15, -0.1) is 11.3 Å². The Morgan fingerprint density at radius 1 is 1.39 bits per heavy atom. The van der Waals surface area contributed by atoms with E-state index in [2.05, 4.69) is 11.4 Å². The Hall–Kier alpha value is -1.93. The maximum atomic E-state index is 13.3. The molecule has 0 radical (unpaired) electrons. The predicted octanol–water partition coefficient (Wildman–Crippen LogP) is 3.28. The van der Waals surface area contributed by atoms with Crippen LogP contribution in [0.1, 0.15) is 35.4 Å². The first-order valence-electron chi connectivity index (χ1n) is 10.9. The fraction of sp³-hybridized carbons (Fsp3) is 0.542. The van der Waals surface area contributed by atoms with Crippen molar-refractivity contribution in [1.29, 1.82) is 0 Å². The van der Waals surface area contributed by atoms with Crippen LogP contribution in [0, 0.1) is 6.92 Å². The van der Waals surface area contributed by atoms with Gasteiger partial charge in [-0.25, -0.2) is 0 Å². The van der Waals surface area contributed by atoms with E-state index in [9.17, 15) is 9.90 Å². The maximum absolute atomic E-state index is 13.3. The highest BCUT2D eigenvalue weighted by molar-refractivity contribution is 7.10. The summed E-state index contributed by atoms with van der Waals surface area (Å²) in [6.45, 7) is 7.03. The third kappa shape index (κ3) is 6.77. The van der Waals surface area contributed by atoms with E-state index in [0.717, 1.165) is 24.2 Å². The van der Waals surface area contributed by atoms with Crippen LogP contribution >= 0.6 is 11.3 Å². The largest absolute Gasteiger partial charge is 0.491 e. The summed E-state index contributed by atoms with van der Waals surface area (Å²) in [6, 6.07) is 10.0. The summed E-state index contributed by atoms with van der Waals surface area (Å²) in [5.74, 6) is 0.901. The van der Waals surface area contributed by atoms with E-state index < -0.39 is 6.10 Å². The maximum Gasteiger partial charge on any atom is 0.237 e. The summed E-state index contributed by atoms with van der Waals surface area (Å²) in [5, 5.41) is 12.0. The number of methoxy groups -OCH3 is 1. The van der Waals surface area contributed by atoms with Crippen LogP contribution in [0.4, 0.5) is 0 Å². The van der Waals surface area contributed by atoms with Gasteiger partial charge in [-0.3, -0.25) is 9.69 Å². The number of carbonyl (C=O) groups is 1. The molecule has 0 saturated heterocycles. The Morgan fingerprint density at radius 2 is 2.23 bits per heavy atom. The van der Waals surface area contributed by atoms with E-state index in [-0.39, 0.29) is 18.5 Å². The molecule has 170 valence electrons. The number of fused-ring (bicyclic) bond motifs is 1. The van der Waals surface area contributed by atoms with Crippen LogP contribution in [-0.4, -0.2) is 73.4 Å². The monoisotopic (exact) mass is 446 g/mol. The van der Waals surface area contributed by atoms with Crippen LogP contribution in [-0.2, 0) is 16.0 Å². The second-order valence-corrected chi connectivity index (χ2v) is 9.21. The number of benzene rings is 1.